The molecule has 3 aromatic rings. The summed E-state index contributed by atoms with van der Waals surface area (Å²) in [5, 5.41) is 3.15. The Labute approximate surface area is 200 Å². The smallest absolute Gasteiger partial charge is 0.264 e. The molecule has 0 spiro atoms. The molecular weight excluding hydrogens is 460 g/mol. The van der Waals surface area contributed by atoms with Gasteiger partial charge in [0.2, 0.25) is 5.91 Å². The second-order valence-electron chi connectivity index (χ2n) is 7.58. The predicted molar refractivity (Wildman–Crippen MR) is 131 cm³/mol. The fourth-order valence-electron chi connectivity index (χ4n) is 3.34. The summed E-state index contributed by atoms with van der Waals surface area (Å²) in [6.07, 6.45) is 1.55. The van der Waals surface area contributed by atoms with E-state index < -0.39 is 22.5 Å². The van der Waals surface area contributed by atoms with Crippen LogP contribution in [0.1, 0.15) is 17.5 Å². The van der Waals surface area contributed by atoms with Crippen molar-refractivity contribution in [3.05, 3.63) is 88.9 Å². The zero-order valence-corrected chi connectivity index (χ0v) is 20.2. The number of halogens is 1. The third-order valence-corrected chi connectivity index (χ3v) is 7.12. The van der Waals surface area contributed by atoms with Gasteiger partial charge in [-0.25, -0.2) is 8.42 Å². The second kappa shape index (κ2) is 11.2. The highest BCUT2D eigenvalue weighted by Crippen LogP contribution is 2.34. The Bertz CT molecular complexity index is 1180. The van der Waals surface area contributed by atoms with Crippen molar-refractivity contribution < 1.29 is 17.9 Å². The van der Waals surface area contributed by atoms with Crippen LogP contribution in [0.3, 0.4) is 0 Å². The van der Waals surface area contributed by atoms with Gasteiger partial charge >= 0.3 is 0 Å². The molecule has 3 aromatic carbocycles. The van der Waals surface area contributed by atoms with E-state index in [0.717, 1.165) is 17.1 Å². The molecule has 0 saturated heterocycles. The Morgan fingerprint density at radius 1 is 1.03 bits per heavy atom. The van der Waals surface area contributed by atoms with Gasteiger partial charge in [0, 0.05) is 11.6 Å². The summed E-state index contributed by atoms with van der Waals surface area (Å²) in [5.74, 6) is -0.119. The number of methoxy groups -OCH3 is 1. The summed E-state index contributed by atoms with van der Waals surface area (Å²) in [7, 11) is -2.61. The minimum absolute atomic E-state index is 0.0687. The molecule has 3 rings (SSSR count). The Morgan fingerprint density at radius 3 is 2.39 bits per heavy atom. The summed E-state index contributed by atoms with van der Waals surface area (Å²) in [6.45, 7) is 2.06. The molecule has 0 unspecified atom stereocenters. The van der Waals surface area contributed by atoms with Crippen molar-refractivity contribution in [1.82, 2.24) is 5.32 Å². The lowest BCUT2D eigenvalue weighted by molar-refractivity contribution is -0.119. The van der Waals surface area contributed by atoms with E-state index in [1.165, 1.54) is 36.4 Å². The molecule has 0 bridgehead atoms. The van der Waals surface area contributed by atoms with Crippen LogP contribution in [0.4, 0.5) is 5.69 Å². The van der Waals surface area contributed by atoms with Crippen molar-refractivity contribution >= 4 is 33.2 Å². The van der Waals surface area contributed by atoms with Gasteiger partial charge in [0.1, 0.15) is 12.3 Å². The van der Waals surface area contributed by atoms with Gasteiger partial charge in [-0.15, -0.1) is 0 Å². The van der Waals surface area contributed by atoms with E-state index in [1.54, 1.807) is 30.3 Å². The van der Waals surface area contributed by atoms with Gasteiger partial charge in [-0.2, -0.15) is 0 Å². The van der Waals surface area contributed by atoms with Crippen molar-refractivity contribution in [3.63, 3.8) is 0 Å². The van der Waals surface area contributed by atoms with Gasteiger partial charge in [-0.1, -0.05) is 59.6 Å². The Morgan fingerprint density at radius 2 is 1.73 bits per heavy atom. The molecule has 6 nitrogen and oxygen atoms in total. The highest BCUT2D eigenvalue weighted by atomic mass is 35.5. The lowest BCUT2D eigenvalue weighted by atomic mass is 10.1. The monoisotopic (exact) mass is 486 g/mol. The SMILES string of the molecule is COc1ccc(Cl)cc1N(CC(=O)NCCCc1ccc(C)cc1)S(=O)(=O)c1ccccc1. The minimum Gasteiger partial charge on any atom is -0.495 e. The maximum Gasteiger partial charge on any atom is 0.264 e. The van der Waals surface area contributed by atoms with Crippen LogP contribution >= 0.6 is 11.6 Å². The number of anilines is 1. The van der Waals surface area contributed by atoms with Gasteiger partial charge in [0.25, 0.3) is 10.0 Å². The number of ether oxygens (including phenoxy) is 1. The van der Waals surface area contributed by atoms with Crippen LogP contribution < -0.4 is 14.4 Å². The summed E-state index contributed by atoms with van der Waals surface area (Å²) in [6, 6.07) is 20.8. The Hall–Kier alpha value is -3.03. The molecule has 0 atom stereocenters. The molecule has 0 aliphatic heterocycles. The average molecular weight is 487 g/mol. The van der Waals surface area contributed by atoms with Gasteiger partial charge in [-0.05, 0) is 55.7 Å². The first kappa shape index (κ1) is 24.6. The fourth-order valence-corrected chi connectivity index (χ4v) is 4.95. The number of nitrogens with one attached hydrogen (secondary N) is 1. The lowest BCUT2D eigenvalue weighted by Gasteiger charge is -2.26. The van der Waals surface area contributed by atoms with E-state index >= 15 is 0 Å². The van der Waals surface area contributed by atoms with Crippen LogP contribution in [0.25, 0.3) is 0 Å². The summed E-state index contributed by atoms with van der Waals surface area (Å²) in [5.41, 5.74) is 2.58. The summed E-state index contributed by atoms with van der Waals surface area (Å²) < 4.78 is 33.3. The number of carbonyl (C=O) groups excluding carboxylic acids is 1. The van der Waals surface area contributed by atoms with E-state index in [9.17, 15) is 13.2 Å². The molecule has 8 heteroatoms. The highest BCUT2D eigenvalue weighted by molar-refractivity contribution is 7.92. The summed E-state index contributed by atoms with van der Waals surface area (Å²) in [4.78, 5) is 12.8. The van der Waals surface area contributed by atoms with Crippen molar-refractivity contribution in [2.75, 3.05) is 24.5 Å². The zero-order chi connectivity index (χ0) is 23.8. The van der Waals surface area contributed by atoms with Crippen molar-refractivity contribution in [2.24, 2.45) is 0 Å². The average Bonchev–Trinajstić information content (AvgIpc) is 2.82. The molecule has 0 aliphatic carbocycles. The first-order valence-corrected chi connectivity index (χ1v) is 12.4. The number of hydrogen-bond acceptors (Lipinski definition) is 4. The molecule has 0 heterocycles. The van der Waals surface area contributed by atoms with E-state index in [4.69, 9.17) is 16.3 Å². The molecule has 1 N–H and O–H groups in total. The number of rotatable bonds is 10. The molecule has 174 valence electrons. The van der Waals surface area contributed by atoms with E-state index in [-0.39, 0.29) is 10.6 Å². The first-order chi connectivity index (χ1) is 15.8. The maximum absolute atomic E-state index is 13.4. The number of nitrogens with zero attached hydrogens (tertiary/aromatic N) is 1. The van der Waals surface area contributed by atoms with Crippen LogP contribution in [0.5, 0.6) is 5.75 Å². The first-order valence-electron chi connectivity index (χ1n) is 10.5. The quantitative estimate of drug-likeness (QED) is 0.425. The molecule has 0 aromatic heterocycles. The van der Waals surface area contributed by atoms with E-state index in [2.05, 4.69) is 29.6 Å². The molecule has 33 heavy (non-hydrogen) atoms. The van der Waals surface area contributed by atoms with E-state index in [0.29, 0.717) is 17.3 Å². The maximum atomic E-state index is 13.4. The van der Waals surface area contributed by atoms with Crippen LogP contribution in [0.2, 0.25) is 5.02 Å². The number of amides is 1. The van der Waals surface area contributed by atoms with Crippen LogP contribution in [0.15, 0.2) is 77.7 Å². The molecule has 0 fully saturated rings. The second-order valence-corrected chi connectivity index (χ2v) is 9.88. The number of hydrogen-bond donors (Lipinski definition) is 1. The Kier molecular flexibility index (Phi) is 8.36. The van der Waals surface area contributed by atoms with Crippen LogP contribution in [-0.2, 0) is 21.2 Å². The number of benzene rings is 3. The highest BCUT2D eigenvalue weighted by Gasteiger charge is 2.29. The largest absolute Gasteiger partial charge is 0.495 e. The number of aryl methyl sites for hydroxylation is 2. The molecule has 0 radical (unpaired) electrons. The van der Waals surface area contributed by atoms with Crippen LogP contribution in [-0.4, -0.2) is 34.5 Å². The normalized spacial score (nSPS) is 11.1. The van der Waals surface area contributed by atoms with Crippen molar-refractivity contribution in [2.45, 2.75) is 24.7 Å². The summed E-state index contributed by atoms with van der Waals surface area (Å²) >= 11 is 6.14. The van der Waals surface area contributed by atoms with Gasteiger partial charge in [0.05, 0.1) is 17.7 Å². The zero-order valence-electron chi connectivity index (χ0n) is 18.6. The third-order valence-electron chi connectivity index (χ3n) is 5.11. The van der Waals surface area contributed by atoms with Gasteiger partial charge in [-0.3, -0.25) is 9.10 Å². The number of carbonyl (C=O) groups is 1. The molecule has 0 aliphatic rings. The lowest BCUT2D eigenvalue weighted by Crippen LogP contribution is -2.41. The fraction of sp³-hybridized carbons (Fsp3) is 0.240. The van der Waals surface area contributed by atoms with Crippen molar-refractivity contribution in [3.8, 4) is 5.75 Å². The molecular formula is C25H27ClN2O4S. The third kappa shape index (κ3) is 6.49. The minimum atomic E-state index is -4.04. The van der Waals surface area contributed by atoms with Crippen molar-refractivity contribution in [1.29, 1.82) is 0 Å². The van der Waals surface area contributed by atoms with Crippen LogP contribution in [0, 0.1) is 6.92 Å². The van der Waals surface area contributed by atoms with Gasteiger partial charge < -0.3 is 10.1 Å². The topological polar surface area (TPSA) is 75.7 Å². The standard InChI is InChI=1S/C25H27ClN2O4S/c1-19-10-12-20(13-11-19)7-6-16-27-25(29)18-28(23-17-21(26)14-15-24(23)32-2)33(30,31)22-8-4-3-5-9-22/h3-5,8-15,17H,6-7,16,18H2,1-2H3,(H,27,29). The van der Waals surface area contributed by atoms with E-state index in [1.807, 2.05) is 6.92 Å². The predicted octanol–water partition coefficient (Wildman–Crippen LogP) is 4.60. The molecule has 1 amide bonds. The van der Waals surface area contributed by atoms with Gasteiger partial charge in [0.15, 0.2) is 0 Å². The number of sulfonamides is 1. The molecule has 0 saturated carbocycles. The Balaban J connectivity index is 1.76.